The van der Waals surface area contributed by atoms with Gasteiger partial charge in [0, 0.05) is 31.3 Å². The maximum Gasteiger partial charge on any atom is 0.416 e. The van der Waals surface area contributed by atoms with Gasteiger partial charge in [0.1, 0.15) is 23.7 Å². The molecule has 1 fully saturated rings. The van der Waals surface area contributed by atoms with Crippen molar-refractivity contribution in [1.82, 2.24) is 5.16 Å². The second-order valence-electron chi connectivity index (χ2n) is 9.14. The molecule has 2 amide bonds. The molecule has 0 spiro atoms. The van der Waals surface area contributed by atoms with Gasteiger partial charge in [0.15, 0.2) is 29.1 Å². The predicted molar refractivity (Wildman–Crippen MR) is 120 cm³/mol. The number of amides is 2. The first-order valence-corrected chi connectivity index (χ1v) is 11.0. The summed E-state index contributed by atoms with van der Waals surface area (Å²) >= 11 is 0. The van der Waals surface area contributed by atoms with Gasteiger partial charge in [0.05, 0.1) is 18.8 Å². The van der Waals surface area contributed by atoms with E-state index >= 15 is 4.39 Å². The predicted octanol–water partition coefficient (Wildman–Crippen LogP) is 4.15. The molecule has 1 atom stereocenters. The number of halogens is 3. The van der Waals surface area contributed by atoms with Crippen molar-refractivity contribution >= 4 is 35.2 Å². The van der Waals surface area contributed by atoms with Crippen LogP contribution in [0, 0.1) is 17.5 Å². The van der Waals surface area contributed by atoms with E-state index < -0.39 is 52.7 Å². The second-order valence-corrected chi connectivity index (χ2v) is 9.14. The number of ether oxygens (including phenoxy) is 2. The topological polar surface area (TPSA) is 105 Å². The van der Waals surface area contributed by atoms with Crippen LogP contribution in [0.2, 0.25) is 0 Å². The molecule has 1 aromatic carbocycles. The first-order chi connectivity index (χ1) is 16.9. The highest BCUT2D eigenvalue weighted by Crippen LogP contribution is 2.35. The summed E-state index contributed by atoms with van der Waals surface area (Å²) in [5, 5.41) is 3.71. The molecule has 0 N–H and O–H groups in total. The van der Waals surface area contributed by atoms with Crippen molar-refractivity contribution in [3.05, 3.63) is 48.1 Å². The minimum atomic E-state index is -1.52. The zero-order valence-electron chi connectivity index (χ0n) is 19.7. The van der Waals surface area contributed by atoms with Crippen molar-refractivity contribution in [2.75, 3.05) is 34.3 Å². The fraction of sp³-hybridized carbons (Fsp3) is 0.391. The minimum Gasteiger partial charge on any atom is -0.443 e. The van der Waals surface area contributed by atoms with Gasteiger partial charge in [-0.3, -0.25) is 14.6 Å². The maximum atomic E-state index is 15.0. The van der Waals surface area contributed by atoms with Gasteiger partial charge in [-0.1, -0.05) is 5.16 Å². The highest BCUT2D eigenvalue weighted by Gasteiger charge is 2.39. The van der Waals surface area contributed by atoms with Crippen LogP contribution >= 0.6 is 0 Å². The first-order valence-electron chi connectivity index (χ1n) is 11.0. The standard InChI is InChI=1S/C23H23F3N4O6/c1-23(2,3)36-22(33)30(17-6-9-34-27-17)12-14-11-29(21(32)35-14)16-10-15(24)20(19(26)18(16)25)28-7-4-13(31)5-8-28/h4,6-7,9-10,14H,5,8,11-12H2,1-3H3/t14-/m1/s1. The number of cyclic esters (lactones) is 1. The van der Waals surface area contributed by atoms with Crippen LogP contribution in [0.25, 0.3) is 0 Å². The summed E-state index contributed by atoms with van der Waals surface area (Å²) in [6.07, 6.45) is 0.686. The van der Waals surface area contributed by atoms with Crippen LogP contribution in [0.4, 0.5) is 40.0 Å². The molecular formula is C23H23F3N4O6. The minimum absolute atomic E-state index is 0.0125. The quantitative estimate of drug-likeness (QED) is 0.555. The van der Waals surface area contributed by atoms with Gasteiger partial charge in [0.2, 0.25) is 0 Å². The third kappa shape index (κ3) is 5.14. The molecule has 1 aromatic heterocycles. The Kier molecular flexibility index (Phi) is 6.65. The Labute approximate surface area is 203 Å². The fourth-order valence-electron chi connectivity index (χ4n) is 3.72. The van der Waals surface area contributed by atoms with Crippen molar-refractivity contribution in [2.45, 2.75) is 38.9 Å². The molecule has 2 aliphatic heterocycles. The summed E-state index contributed by atoms with van der Waals surface area (Å²) in [7, 11) is 0. The third-order valence-electron chi connectivity index (χ3n) is 5.31. The number of aromatic nitrogens is 1. The van der Waals surface area contributed by atoms with Crippen LogP contribution in [-0.2, 0) is 14.3 Å². The lowest BCUT2D eigenvalue weighted by molar-refractivity contribution is -0.114. The average Bonchev–Trinajstić information content (AvgIpc) is 3.44. The number of ketones is 1. The number of anilines is 3. The van der Waals surface area contributed by atoms with Crippen LogP contribution in [0.15, 0.2) is 35.2 Å². The zero-order chi connectivity index (χ0) is 26.2. The highest BCUT2D eigenvalue weighted by molar-refractivity contribution is 5.93. The highest BCUT2D eigenvalue weighted by atomic mass is 19.2. The summed E-state index contributed by atoms with van der Waals surface area (Å²) < 4.78 is 60.2. The van der Waals surface area contributed by atoms with Crippen LogP contribution in [-0.4, -0.2) is 54.5 Å². The van der Waals surface area contributed by atoms with E-state index in [0.29, 0.717) is 6.07 Å². The van der Waals surface area contributed by atoms with E-state index in [1.165, 1.54) is 18.5 Å². The van der Waals surface area contributed by atoms with Gasteiger partial charge < -0.3 is 18.9 Å². The van der Waals surface area contributed by atoms with Crippen molar-refractivity contribution < 1.29 is 41.6 Å². The summed E-state index contributed by atoms with van der Waals surface area (Å²) in [5.74, 6) is -4.24. The van der Waals surface area contributed by atoms with Gasteiger partial charge in [-0.15, -0.1) is 0 Å². The molecule has 0 unspecified atom stereocenters. The van der Waals surface area contributed by atoms with Gasteiger partial charge in [0.25, 0.3) is 0 Å². The van der Waals surface area contributed by atoms with Crippen LogP contribution in [0.1, 0.15) is 27.2 Å². The Morgan fingerprint density at radius 1 is 1.25 bits per heavy atom. The molecule has 192 valence electrons. The van der Waals surface area contributed by atoms with E-state index in [1.54, 1.807) is 20.8 Å². The molecule has 10 nitrogen and oxygen atoms in total. The lowest BCUT2D eigenvalue weighted by atomic mass is 10.1. The molecule has 2 aliphatic rings. The normalized spacial score (nSPS) is 18.0. The number of carbonyl (C=O) groups is 3. The lowest BCUT2D eigenvalue weighted by Crippen LogP contribution is -2.42. The number of benzene rings is 1. The summed E-state index contributed by atoms with van der Waals surface area (Å²) in [6.45, 7) is 4.39. The maximum absolute atomic E-state index is 15.0. The molecule has 0 bridgehead atoms. The average molecular weight is 508 g/mol. The first kappa shape index (κ1) is 25.1. The second kappa shape index (κ2) is 9.55. The largest absolute Gasteiger partial charge is 0.443 e. The van der Waals surface area contributed by atoms with E-state index in [9.17, 15) is 23.2 Å². The van der Waals surface area contributed by atoms with Gasteiger partial charge in [-0.2, -0.15) is 0 Å². The van der Waals surface area contributed by atoms with Gasteiger partial charge in [-0.25, -0.2) is 22.8 Å². The summed E-state index contributed by atoms with van der Waals surface area (Å²) in [5.41, 5.74) is -2.18. The van der Waals surface area contributed by atoms with Crippen molar-refractivity contribution in [1.29, 1.82) is 0 Å². The smallest absolute Gasteiger partial charge is 0.416 e. The molecule has 0 saturated carbocycles. The number of hydrogen-bond donors (Lipinski definition) is 0. The molecule has 4 rings (SSSR count). The number of rotatable bonds is 5. The lowest BCUT2D eigenvalue weighted by Gasteiger charge is -2.27. The molecule has 13 heteroatoms. The van der Waals surface area contributed by atoms with Crippen molar-refractivity contribution in [3.8, 4) is 0 Å². The summed E-state index contributed by atoms with van der Waals surface area (Å²) in [4.78, 5) is 39.5. The van der Waals surface area contributed by atoms with E-state index in [-0.39, 0.29) is 37.7 Å². The molecule has 2 aromatic rings. The summed E-state index contributed by atoms with van der Waals surface area (Å²) in [6, 6.07) is 2.08. The molecular weight excluding hydrogens is 485 g/mol. The van der Waals surface area contributed by atoms with E-state index in [4.69, 9.17) is 14.0 Å². The monoisotopic (exact) mass is 508 g/mol. The van der Waals surface area contributed by atoms with Crippen LogP contribution in [0.3, 0.4) is 0 Å². The SMILES string of the molecule is CC(C)(C)OC(=O)N(C[C@H]1CN(c2cc(F)c(N3C=CC(=O)CC3)c(F)c2F)C(=O)O1)c1ccon1. The van der Waals surface area contributed by atoms with Crippen LogP contribution in [0.5, 0.6) is 0 Å². The van der Waals surface area contributed by atoms with Crippen molar-refractivity contribution in [3.63, 3.8) is 0 Å². The Bertz CT molecular complexity index is 1210. The molecule has 0 aliphatic carbocycles. The van der Waals surface area contributed by atoms with E-state index in [0.717, 1.165) is 20.8 Å². The number of allylic oxidation sites excluding steroid dienone is 1. The zero-order valence-corrected chi connectivity index (χ0v) is 19.7. The van der Waals surface area contributed by atoms with E-state index in [2.05, 4.69) is 5.16 Å². The van der Waals surface area contributed by atoms with Gasteiger partial charge >= 0.3 is 12.2 Å². The number of hydrogen-bond acceptors (Lipinski definition) is 8. The Balaban J connectivity index is 1.56. The molecule has 1 saturated heterocycles. The fourth-order valence-corrected chi connectivity index (χ4v) is 3.72. The van der Waals surface area contributed by atoms with Gasteiger partial charge in [-0.05, 0) is 26.8 Å². The molecule has 0 radical (unpaired) electrons. The van der Waals surface area contributed by atoms with Crippen LogP contribution < -0.4 is 14.7 Å². The third-order valence-corrected chi connectivity index (χ3v) is 5.31. The van der Waals surface area contributed by atoms with E-state index in [1.807, 2.05) is 0 Å². The Morgan fingerprint density at radius 2 is 2.00 bits per heavy atom. The Morgan fingerprint density at radius 3 is 2.61 bits per heavy atom. The number of nitrogens with zero attached hydrogens (tertiary/aromatic N) is 4. The number of carbonyl (C=O) groups excluding carboxylic acids is 3. The Hall–Kier alpha value is -4.03. The molecule has 3 heterocycles. The van der Waals surface area contributed by atoms with Crippen molar-refractivity contribution in [2.24, 2.45) is 0 Å². The molecule has 36 heavy (non-hydrogen) atoms.